The number of aliphatic hydroxyl groups is 3. The Hall–Kier alpha value is -1.95. The van der Waals surface area contributed by atoms with E-state index in [0.29, 0.717) is 30.6 Å². The van der Waals surface area contributed by atoms with Crippen LogP contribution >= 0.6 is 0 Å². The Morgan fingerprint density at radius 2 is 1.95 bits per heavy atom. The maximum atomic E-state index is 11.3. The first kappa shape index (κ1) is 29.5. The quantitative estimate of drug-likeness (QED) is 0.190. The van der Waals surface area contributed by atoms with Crippen LogP contribution in [0.4, 0.5) is 0 Å². The smallest absolute Gasteiger partial charge is 0.115 e. The van der Waals surface area contributed by atoms with E-state index < -0.39 is 18.3 Å². The number of imidazole rings is 1. The van der Waals surface area contributed by atoms with E-state index in [1.807, 2.05) is 6.20 Å². The van der Waals surface area contributed by atoms with E-state index >= 15 is 0 Å². The fourth-order valence-corrected chi connectivity index (χ4v) is 8.32. The van der Waals surface area contributed by atoms with E-state index in [1.165, 1.54) is 56.2 Å². The van der Waals surface area contributed by atoms with Gasteiger partial charge in [-0.3, -0.25) is 0 Å². The van der Waals surface area contributed by atoms with Crippen molar-refractivity contribution < 1.29 is 15.3 Å². The molecule has 5 heteroatoms. The molecule has 40 heavy (non-hydrogen) atoms. The third-order valence-electron chi connectivity index (χ3n) is 11.0. The van der Waals surface area contributed by atoms with Gasteiger partial charge in [-0.15, -0.1) is 0 Å². The van der Waals surface area contributed by atoms with Gasteiger partial charge in [-0.25, -0.2) is 4.98 Å². The highest BCUT2D eigenvalue weighted by atomic mass is 16.3. The summed E-state index contributed by atoms with van der Waals surface area (Å²) in [6, 6.07) is 0. The number of nitrogens with one attached hydrogen (secondary N) is 1. The zero-order valence-electron chi connectivity index (χ0n) is 25.0. The number of unbranched alkanes of at least 4 members (excludes halogenated alkanes) is 2. The molecule has 4 aliphatic rings. The Balaban J connectivity index is 1.24. The molecule has 4 N–H and O–H groups in total. The van der Waals surface area contributed by atoms with E-state index in [0.717, 1.165) is 42.7 Å². The van der Waals surface area contributed by atoms with Crippen LogP contribution in [0.25, 0.3) is 0 Å². The van der Waals surface area contributed by atoms with Crippen molar-refractivity contribution in [1.29, 1.82) is 0 Å². The van der Waals surface area contributed by atoms with Gasteiger partial charge < -0.3 is 20.3 Å². The number of hydrogen-bond acceptors (Lipinski definition) is 4. The Bertz CT molecular complexity index is 1140. The number of aryl methyl sites for hydroxylation is 1. The molecule has 0 radical (unpaired) electrons. The average Bonchev–Trinajstić information content (AvgIpc) is 3.46. The van der Waals surface area contributed by atoms with Crippen molar-refractivity contribution in [2.75, 3.05) is 0 Å². The van der Waals surface area contributed by atoms with Crippen LogP contribution in [0.5, 0.6) is 0 Å². The first-order valence-electron chi connectivity index (χ1n) is 16.0. The minimum atomic E-state index is -0.640. The topological polar surface area (TPSA) is 89.4 Å². The molecule has 1 aromatic heterocycles. The zero-order valence-corrected chi connectivity index (χ0v) is 25.0. The molecule has 4 aliphatic carbocycles. The largest absolute Gasteiger partial charge is 0.393 e. The molecule has 0 amide bonds. The third-order valence-corrected chi connectivity index (χ3v) is 11.0. The van der Waals surface area contributed by atoms with E-state index in [2.05, 4.69) is 56.6 Å². The molecule has 0 aliphatic heterocycles. The summed E-state index contributed by atoms with van der Waals surface area (Å²) in [6.07, 6.45) is 22.7. The molecular formula is C35H52N2O3. The number of aliphatic hydroxyl groups excluding tert-OH is 3. The second kappa shape index (κ2) is 12.1. The van der Waals surface area contributed by atoms with Crippen LogP contribution in [-0.4, -0.2) is 43.6 Å². The molecule has 1 heterocycles. The molecular weight excluding hydrogens is 496 g/mol. The minimum Gasteiger partial charge on any atom is -0.393 e. The Morgan fingerprint density at radius 3 is 2.70 bits per heavy atom. The SMILES string of the molecule is C=C1C(=CC=C2CCC[C@]3(C)[C@@H]([C@H](C)C=C[C@H](O)C4(c5ncc(CCCCC)[nH]5)CC4)CC[C@@H]23)C[C@@H](O)C[C@@H]1O. The van der Waals surface area contributed by atoms with Crippen LogP contribution in [-0.2, 0) is 11.8 Å². The molecule has 0 unspecified atom stereocenters. The predicted octanol–water partition coefficient (Wildman–Crippen LogP) is 6.87. The van der Waals surface area contributed by atoms with Crippen molar-refractivity contribution in [3.8, 4) is 0 Å². The normalized spacial score (nSPS) is 35.4. The van der Waals surface area contributed by atoms with Crippen LogP contribution < -0.4 is 0 Å². The van der Waals surface area contributed by atoms with E-state index in [-0.39, 0.29) is 10.8 Å². The molecule has 7 atom stereocenters. The van der Waals surface area contributed by atoms with Gasteiger partial charge in [-0.05, 0) is 98.5 Å². The van der Waals surface area contributed by atoms with Gasteiger partial charge in [0, 0.05) is 18.3 Å². The summed E-state index contributed by atoms with van der Waals surface area (Å²) in [7, 11) is 0. The van der Waals surface area contributed by atoms with Crippen LogP contribution in [0.2, 0.25) is 0 Å². The number of aromatic amines is 1. The van der Waals surface area contributed by atoms with E-state index in [1.54, 1.807) is 0 Å². The lowest BCUT2D eigenvalue weighted by atomic mass is 9.61. The van der Waals surface area contributed by atoms with Crippen LogP contribution in [0.15, 0.2) is 53.8 Å². The molecule has 5 nitrogen and oxygen atoms in total. The summed E-state index contributed by atoms with van der Waals surface area (Å²) in [6.45, 7) is 11.2. The molecule has 0 saturated heterocycles. The monoisotopic (exact) mass is 548 g/mol. The first-order chi connectivity index (χ1) is 19.2. The van der Waals surface area contributed by atoms with Crippen molar-refractivity contribution in [1.82, 2.24) is 9.97 Å². The molecule has 0 spiro atoms. The van der Waals surface area contributed by atoms with Gasteiger partial charge in [0.05, 0.1) is 23.7 Å². The molecule has 0 bridgehead atoms. The number of nitrogens with zero attached hydrogens (tertiary/aromatic N) is 1. The van der Waals surface area contributed by atoms with Gasteiger partial charge in [0.2, 0.25) is 0 Å². The lowest BCUT2D eigenvalue weighted by Gasteiger charge is -2.44. The molecule has 220 valence electrons. The Labute approximate surface area is 241 Å². The predicted molar refractivity (Wildman–Crippen MR) is 162 cm³/mol. The fourth-order valence-electron chi connectivity index (χ4n) is 8.32. The number of H-pyrrole nitrogens is 1. The van der Waals surface area contributed by atoms with Crippen molar-refractivity contribution in [2.45, 2.75) is 128 Å². The minimum absolute atomic E-state index is 0.236. The van der Waals surface area contributed by atoms with E-state index in [4.69, 9.17) is 4.98 Å². The van der Waals surface area contributed by atoms with Crippen molar-refractivity contribution >= 4 is 0 Å². The highest BCUT2D eigenvalue weighted by molar-refractivity contribution is 5.39. The number of allylic oxidation sites excluding steroid dienone is 4. The number of fused-ring (bicyclic) bond motifs is 1. The second-order valence-corrected chi connectivity index (χ2v) is 13.7. The van der Waals surface area contributed by atoms with Crippen LogP contribution in [0, 0.1) is 23.2 Å². The van der Waals surface area contributed by atoms with Gasteiger partial charge in [0.25, 0.3) is 0 Å². The second-order valence-electron chi connectivity index (χ2n) is 13.7. The zero-order chi connectivity index (χ0) is 28.5. The summed E-state index contributed by atoms with van der Waals surface area (Å²) < 4.78 is 0. The Morgan fingerprint density at radius 1 is 1.15 bits per heavy atom. The van der Waals surface area contributed by atoms with Crippen molar-refractivity contribution in [2.24, 2.45) is 23.2 Å². The van der Waals surface area contributed by atoms with Gasteiger partial charge >= 0.3 is 0 Å². The van der Waals surface area contributed by atoms with Gasteiger partial charge in [-0.1, -0.05) is 70.1 Å². The number of aromatic nitrogens is 2. The van der Waals surface area contributed by atoms with Crippen molar-refractivity contribution in [3.05, 3.63) is 65.3 Å². The van der Waals surface area contributed by atoms with Crippen molar-refractivity contribution in [3.63, 3.8) is 0 Å². The van der Waals surface area contributed by atoms with Crippen LogP contribution in [0.3, 0.4) is 0 Å². The summed E-state index contributed by atoms with van der Waals surface area (Å²) in [4.78, 5) is 8.24. The summed E-state index contributed by atoms with van der Waals surface area (Å²) in [5, 5.41) is 31.7. The van der Waals surface area contributed by atoms with Gasteiger partial charge in [0.1, 0.15) is 5.82 Å². The maximum Gasteiger partial charge on any atom is 0.115 e. The third kappa shape index (κ3) is 5.84. The summed E-state index contributed by atoms with van der Waals surface area (Å²) in [5.74, 6) is 2.53. The maximum absolute atomic E-state index is 11.3. The number of rotatable bonds is 10. The Kier molecular flexibility index (Phi) is 8.94. The standard InChI is InChI=1S/C35H52N2O3/c1-5-6-7-10-27-22-36-33(37-27)35(18-19-35)32(40)16-11-23(2)29-14-15-30-25(9-8-17-34(29,30)4)12-13-26-20-28(38)21-31(39)24(26)3/h11-13,16,22-23,28-32,38-40H,3,5-10,14-15,17-21H2,1-2,4H3,(H,36,37)/t23-,28-,29-,30+,31+,32+,34-/m1/s1. The van der Waals surface area contributed by atoms with Gasteiger partial charge in [0.15, 0.2) is 0 Å². The van der Waals surface area contributed by atoms with Gasteiger partial charge in [-0.2, -0.15) is 0 Å². The molecule has 0 aromatic carbocycles. The molecule has 1 aromatic rings. The average molecular weight is 549 g/mol. The number of hydrogen-bond donors (Lipinski definition) is 4. The lowest BCUT2D eigenvalue weighted by molar-refractivity contribution is 0.0862. The lowest BCUT2D eigenvalue weighted by Crippen LogP contribution is -2.35. The highest BCUT2D eigenvalue weighted by Gasteiger charge is 2.53. The first-order valence-corrected chi connectivity index (χ1v) is 16.0. The summed E-state index contributed by atoms with van der Waals surface area (Å²) in [5.41, 5.74) is 4.49. The molecule has 4 fully saturated rings. The fraction of sp³-hybridized carbons (Fsp3) is 0.686. The highest BCUT2D eigenvalue weighted by Crippen LogP contribution is 2.59. The van der Waals surface area contributed by atoms with Crippen LogP contribution in [0.1, 0.15) is 109 Å². The summed E-state index contributed by atoms with van der Waals surface area (Å²) >= 11 is 0. The molecule has 5 rings (SSSR count). The molecule has 4 saturated carbocycles. The van der Waals surface area contributed by atoms with E-state index in [9.17, 15) is 15.3 Å².